The van der Waals surface area contributed by atoms with E-state index in [0.717, 1.165) is 14.9 Å². The van der Waals surface area contributed by atoms with Crippen molar-refractivity contribution in [2.75, 3.05) is 25.2 Å². The highest BCUT2D eigenvalue weighted by atomic mass is 79.9. The summed E-state index contributed by atoms with van der Waals surface area (Å²) in [5, 5.41) is 43.5. The molecule has 2 aromatic carbocycles. The molecule has 1 saturated heterocycles. The summed E-state index contributed by atoms with van der Waals surface area (Å²) in [7, 11) is 1.50. The predicted molar refractivity (Wildman–Crippen MR) is 156 cm³/mol. The molecule has 0 aromatic heterocycles. The monoisotopic (exact) mass is 628 g/mol. The van der Waals surface area contributed by atoms with Gasteiger partial charge in [0.15, 0.2) is 0 Å². The molecule has 0 unspecified atom stereocenters. The molecule has 1 fully saturated rings. The molecule has 4 rings (SSSR count). The zero-order valence-electron chi connectivity index (χ0n) is 22.8. The maximum absolute atomic E-state index is 13.7. The van der Waals surface area contributed by atoms with Crippen LogP contribution in [-0.4, -0.2) is 58.5 Å². The number of hydrogen-bond acceptors (Lipinski definition) is 8. The Balaban J connectivity index is 1.62. The lowest BCUT2D eigenvalue weighted by molar-refractivity contribution is -0.384. The molecule has 10 nitrogen and oxygen atoms in total. The fourth-order valence-electron chi connectivity index (χ4n) is 5.96. The second-order valence-electron chi connectivity index (χ2n) is 10.3. The van der Waals surface area contributed by atoms with Crippen molar-refractivity contribution in [3.05, 3.63) is 79.3 Å². The maximum atomic E-state index is 13.7. The number of aliphatic hydroxyl groups excluding tert-OH is 2. The Morgan fingerprint density at radius 2 is 2.00 bits per heavy atom. The number of nitro benzene ring substituents is 1. The standard InChI is InChI=1S/C30H33BrN2O8/c1-3-17(11-18-12-20(31)8-10-25(18)35)7-9-26(36)27-19(16-41-2)13-23-28(24(27)15-34)30(38)32(29(23)37)21-5-4-6-22(14-21)33(39)40/h4-6,8,10-12,14,23-24,26,28,34-36H,3,7,9,13,15-16H2,1-2H3/b17-11+/t23-,24+,26-,28-/m1/s1. The van der Waals surface area contributed by atoms with Crippen LogP contribution in [0.3, 0.4) is 0 Å². The Labute approximate surface area is 246 Å². The number of amides is 2. The molecular formula is C30H33BrN2O8. The molecule has 41 heavy (non-hydrogen) atoms. The number of nitro groups is 1. The Hall–Kier alpha value is -3.38. The molecule has 0 radical (unpaired) electrons. The number of aromatic hydroxyl groups is 1. The fraction of sp³-hybridized carbons (Fsp3) is 0.400. The molecule has 1 aliphatic heterocycles. The van der Waals surface area contributed by atoms with Gasteiger partial charge in [0.05, 0.1) is 41.8 Å². The van der Waals surface area contributed by atoms with Crippen molar-refractivity contribution in [2.24, 2.45) is 17.8 Å². The van der Waals surface area contributed by atoms with Gasteiger partial charge in [-0.1, -0.05) is 40.6 Å². The van der Waals surface area contributed by atoms with Gasteiger partial charge in [-0.05, 0) is 61.1 Å². The first-order valence-electron chi connectivity index (χ1n) is 13.4. The van der Waals surface area contributed by atoms with Gasteiger partial charge in [-0.2, -0.15) is 0 Å². The van der Waals surface area contributed by atoms with Crippen LogP contribution in [0.5, 0.6) is 5.75 Å². The number of halogens is 1. The Morgan fingerprint density at radius 3 is 2.66 bits per heavy atom. The number of phenols is 1. The van der Waals surface area contributed by atoms with Gasteiger partial charge in [-0.3, -0.25) is 19.7 Å². The lowest BCUT2D eigenvalue weighted by Gasteiger charge is -2.36. The van der Waals surface area contributed by atoms with Crippen LogP contribution in [0.4, 0.5) is 11.4 Å². The summed E-state index contributed by atoms with van der Waals surface area (Å²) in [5.74, 6) is -3.44. The maximum Gasteiger partial charge on any atom is 0.271 e. The minimum Gasteiger partial charge on any atom is -0.507 e. The number of carbonyl (C=O) groups excluding carboxylic acids is 2. The quantitative estimate of drug-likeness (QED) is 0.139. The number of ether oxygens (including phenoxy) is 1. The van der Waals surface area contributed by atoms with Gasteiger partial charge in [-0.15, -0.1) is 0 Å². The number of rotatable bonds is 11. The van der Waals surface area contributed by atoms with E-state index in [2.05, 4.69) is 15.9 Å². The number of anilines is 1. The average molecular weight is 630 g/mol. The summed E-state index contributed by atoms with van der Waals surface area (Å²) in [4.78, 5) is 38.8. The number of allylic oxidation sites excluding steroid dienone is 1. The van der Waals surface area contributed by atoms with Gasteiger partial charge in [-0.25, -0.2) is 4.90 Å². The van der Waals surface area contributed by atoms with E-state index in [0.29, 0.717) is 36.0 Å². The lowest BCUT2D eigenvalue weighted by Crippen LogP contribution is -2.39. The van der Waals surface area contributed by atoms with E-state index in [1.165, 1.54) is 31.4 Å². The van der Waals surface area contributed by atoms with Gasteiger partial charge in [0.2, 0.25) is 11.8 Å². The topological polar surface area (TPSA) is 150 Å². The number of aliphatic hydroxyl groups is 2. The third-order valence-corrected chi connectivity index (χ3v) is 8.39. The third kappa shape index (κ3) is 6.28. The van der Waals surface area contributed by atoms with Gasteiger partial charge in [0.25, 0.3) is 5.69 Å². The summed E-state index contributed by atoms with van der Waals surface area (Å²) >= 11 is 3.41. The normalized spacial score (nSPS) is 21.8. The summed E-state index contributed by atoms with van der Waals surface area (Å²) < 4.78 is 6.21. The van der Waals surface area contributed by atoms with Crippen molar-refractivity contribution in [3.8, 4) is 5.75 Å². The van der Waals surface area contributed by atoms with Crippen LogP contribution in [0, 0.1) is 27.9 Å². The van der Waals surface area contributed by atoms with Crippen molar-refractivity contribution >= 4 is 45.2 Å². The van der Waals surface area contributed by atoms with E-state index < -0.39 is 47.2 Å². The molecule has 11 heteroatoms. The van der Waals surface area contributed by atoms with Gasteiger partial charge in [0, 0.05) is 35.2 Å². The van der Waals surface area contributed by atoms with Crippen molar-refractivity contribution in [3.63, 3.8) is 0 Å². The van der Waals surface area contributed by atoms with E-state index in [9.17, 15) is 35.0 Å². The third-order valence-electron chi connectivity index (χ3n) is 7.90. The second-order valence-corrected chi connectivity index (χ2v) is 11.2. The number of fused-ring (bicyclic) bond motifs is 1. The predicted octanol–water partition coefficient (Wildman–Crippen LogP) is 4.76. The van der Waals surface area contributed by atoms with Crippen LogP contribution in [0.2, 0.25) is 0 Å². The minimum absolute atomic E-state index is 0.101. The van der Waals surface area contributed by atoms with Crippen LogP contribution in [0.15, 0.2) is 63.7 Å². The smallest absolute Gasteiger partial charge is 0.271 e. The summed E-state index contributed by atoms with van der Waals surface area (Å²) in [5.41, 5.74) is 2.65. The highest BCUT2D eigenvalue weighted by Crippen LogP contribution is 2.47. The molecule has 2 aliphatic rings. The van der Waals surface area contributed by atoms with E-state index in [4.69, 9.17) is 4.74 Å². The van der Waals surface area contributed by atoms with Crippen LogP contribution in [0.1, 0.15) is 38.2 Å². The van der Waals surface area contributed by atoms with Gasteiger partial charge in [0.1, 0.15) is 5.75 Å². The average Bonchev–Trinajstić information content (AvgIpc) is 3.20. The number of carbonyl (C=O) groups is 2. The van der Waals surface area contributed by atoms with Crippen molar-refractivity contribution in [1.29, 1.82) is 0 Å². The first-order chi connectivity index (χ1) is 19.6. The number of benzene rings is 2. The molecule has 1 heterocycles. The Bertz CT molecular complexity index is 1400. The first-order valence-corrected chi connectivity index (χ1v) is 14.2. The molecule has 4 atom stereocenters. The molecule has 3 N–H and O–H groups in total. The molecule has 0 saturated carbocycles. The highest BCUT2D eigenvalue weighted by molar-refractivity contribution is 9.10. The van der Waals surface area contributed by atoms with Crippen LogP contribution < -0.4 is 4.90 Å². The van der Waals surface area contributed by atoms with Crippen LogP contribution >= 0.6 is 15.9 Å². The number of phenolic OH excluding ortho intramolecular Hbond substituents is 1. The zero-order valence-corrected chi connectivity index (χ0v) is 24.4. The van der Waals surface area contributed by atoms with E-state index in [1.54, 1.807) is 18.2 Å². The van der Waals surface area contributed by atoms with Crippen molar-refractivity contribution in [2.45, 2.75) is 38.7 Å². The molecule has 0 bridgehead atoms. The number of hydrogen-bond donors (Lipinski definition) is 3. The zero-order chi connectivity index (χ0) is 29.8. The van der Waals surface area contributed by atoms with Crippen LogP contribution in [-0.2, 0) is 14.3 Å². The molecule has 2 amide bonds. The number of methoxy groups -OCH3 is 1. The van der Waals surface area contributed by atoms with E-state index in [-0.39, 0.29) is 30.2 Å². The molecule has 218 valence electrons. The summed E-state index contributed by atoms with van der Waals surface area (Å²) in [6.07, 6.45) is 2.50. The summed E-state index contributed by atoms with van der Waals surface area (Å²) in [6.45, 7) is 1.63. The van der Waals surface area contributed by atoms with Gasteiger partial charge < -0.3 is 20.1 Å². The number of imide groups is 1. The molecule has 2 aromatic rings. The van der Waals surface area contributed by atoms with Crippen molar-refractivity contribution in [1.82, 2.24) is 0 Å². The largest absolute Gasteiger partial charge is 0.507 e. The Kier molecular flexibility index (Phi) is 9.75. The molecular weight excluding hydrogens is 596 g/mol. The van der Waals surface area contributed by atoms with E-state index in [1.807, 2.05) is 13.0 Å². The van der Waals surface area contributed by atoms with Crippen molar-refractivity contribution < 1.29 is 34.6 Å². The first kappa shape index (κ1) is 30.6. The lowest BCUT2D eigenvalue weighted by atomic mass is 9.68. The number of nitrogens with zero attached hydrogens (tertiary/aromatic N) is 2. The molecule has 1 aliphatic carbocycles. The number of non-ortho nitro benzene ring substituents is 1. The minimum atomic E-state index is -1.01. The Morgan fingerprint density at radius 1 is 1.24 bits per heavy atom. The van der Waals surface area contributed by atoms with Crippen LogP contribution in [0.25, 0.3) is 6.08 Å². The molecule has 0 spiro atoms. The summed E-state index contributed by atoms with van der Waals surface area (Å²) in [6, 6.07) is 10.5. The van der Waals surface area contributed by atoms with Gasteiger partial charge >= 0.3 is 0 Å². The fourth-order valence-corrected chi connectivity index (χ4v) is 6.33. The highest BCUT2D eigenvalue weighted by Gasteiger charge is 2.55. The second kappa shape index (κ2) is 13.1. The SMILES string of the molecule is CC/C(=C\c1cc(Br)ccc1O)CC[C@@H](O)C1=C(COC)C[C@H]2C(=O)N(c3cccc([N+](=O)[O-])c3)C(=O)[C@H]2[C@H]1CO. The van der Waals surface area contributed by atoms with E-state index >= 15 is 0 Å².